The van der Waals surface area contributed by atoms with Crippen LogP contribution in [-0.2, 0) is 14.8 Å². The number of ether oxygens (including phenoxy) is 1. The van der Waals surface area contributed by atoms with Gasteiger partial charge >= 0.3 is 0 Å². The van der Waals surface area contributed by atoms with E-state index in [0.29, 0.717) is 6.61 Å². The summed E-state index contributed by atoms with van der Waals surface area (Å²) in [5.41, 5.74) is 5.68. The van der Waals surface area contributed by atoms with Gasteiger partial charge in [-0.05, 0) is 0 Å². The Labute approximate surface area is 94.6 Å². The van der Waals surface area contributed by atoms with E-state index in [-0.39, 0.29) is 17.5 Å². The van der Waals surface area contributed by atoms with Crippen molar-refractivity contribution in [2.75, 3.05) is 27.3 Å². The van der Waals surface area contributed by atoms with Gasteiger partial charge in [-0.1, -0.05) is 0 Å². The van der Waals surface area contributed by atoms with Crippen molar-refractivity contribution >= 4 is 10.0 Å². The first-order valence-electron chi connectivity index (χ1n) is 4.68. The fourth-order valence-corrected chi connectivity index (χ4v) is 2.39. The Kier molecular flexibility index (Phi) is 4.42. The van der Waals surface area contributed by atoms with Gasteiger partial charge in [-0.2, -0.15) is 9.40 Å². The quantitative estimate of drug-likeness (QED) is 0.672. The second-order valence-corrected chi connectivity index (χ2v) is 5.48. The number of hydrogen-bond acceptors (Lipinski definition) is 5. The number of rotatable bonds is 6. The van der Waals surface area contributed by atoms with Gasteiger partial charge in [-0.15, -0.1) is 0 Å². The molecule has 0 aromatic carbocycles. The molecule has 0 aliphatic heterocycles. The Morgan fingerprint density at radius 2 is 2.38 bits per heavy atom. The van der Waals surface area contributed by atoms with Crippen LogP contribution in [0.4, 0.5) is 0 Å². The minimum absolute atomic E-state index is 0.125. The standard InChI is InChI=1S/C8H16N4O3S/c1-12(5-7(9)6-15-2)16(13,14)8-3-10-11-4-8/h3-4,7H,5-6,9H2,1-2H3,(H,10,11). The molecule has 0 bridgehead atoms. The Morgan fingerprint density at radius 1 is 1.69 bits per heavy atom. The number of nitrogens with one attached hydrogen (secondary N) is 1. The molecule has 1 aromatic rings. The van der Waals surface area contributed by atoms with Crippen LogP contribution in [0, 0.1) is 0 Å². The van der Waals surface area contributed by atoms with Crippen molar-refractivity contribution in [2.45, 2.75) is 10.9 Å². The highest BCUT2D eigenvalue weighted by Gasteiger charge is 2.23. The molecular weight excluding hydrogens is 232 g/mol. The molecule has 1 rings (SSSR count). The lowest BCUT2D eigenvalue weighted by Gasteiger charge is -2.19. The summed E-state index contributed by atoms with van der Waals surface area (Å²) >= 11 is 0. The van der Waals surface area contributed by atoms with Crippen LogP contribution in [0.1, 0.15) is 0 Å². The SMILES string of the molecule is COCC(N)CN(C)S(=O)(=O)c1cn[nH]c1. The Morgan fingerprint density at radius 3 is 2.88 bits per heavy atom. The molecule has 0 saturated heterocycles. The summed E-state index contributed by atoms with van der Waals surface area (Å²) in [6, 6.07) is -0.350. The number of sulfonamides is 1. The highest BCUT2D eigenvalue weighted by molar-refractivity contribution is 7.89. The molecule has 1 heterocycles. The van der Waals surface area contributed by atoms with Crippen molar-refractivity contribution in [3.8, 4) is 0 Å². The zero-order chi connectivity index (χ0) is 12.2. The Balaban J connectivity index is 2.70. The molecule has 7 nitrogen and oxygen atoms in total. The van der Waals surface area contributed by atoms with Crippen LogP contribution in [0.25, 0.3) is 0 Å². The molecule has 0 radical (unpaired) electrons. The molecule has 0 amide bonds. The Bertz CT molecular complexity index is 403. The van der Waals surface area contributed by atoms with Gasteiger partial charge in [0.1, 0.15) is 4.90 Å². The van der Waals surface area contributed by atoms with Gasteiger partial charge in [0.2, 0.25) is 10.0 Å². The molecule has 1 atom stereocenters. The van der Waals surface area contributed by atoms with Crippen molar-refractivity contribution in [1.29, 1.82) is 0 Å². The fraction of sp³-hybridized carbons (Fsp3) is 0.625. The first-order valence-corrected chi connectivity index (χ1v) is 6.12. The van der Waals surface area contributed by atoms with Crippen molar-refractivity contribution in [2.24, 2.45) is 5.73 Å². The molecule has 1 aromatic heterocycles. The monoisotopic (exact) mass is 248 g/mol. The molecule has 3 N–H and O–H groups in total. The molecular formula is C8H16N4O3S. The minimum atomic E-state index is -3.51. The second-order valence-electron chi connectivity index (χ2n) is 3.43. The van der Waals surface area contributed by atoms with Crippen LogP contribution in [0.15, 0.2) is 17.3 Å². The summed E-state index contributed by atoms with van der Waals surface area (Å²) in [6.07, 6.45) is 2.58. The lowest BCUT2D eigenvalue weighted by Crippen LogP contribution is -2.41. The summed E-state index contributed by atoms with van der Waals surface area (Å²) in [4.78, 5) is 0.125. The van der Waals surface area contributed by atoms with Gasteiger partial charge in [-0.25, -0.2) is 8.42 Å². The van der Waals surface area contributed by atoms with E-state index in [9.17, 15) is 8.42 Å². The fourth-order valence-electron chi connectivity index (χ4n) is 1.26. The average molecular weight is 248 g/mol. The maximum atomic E-state index is 11.9. The summed E-state index contributed by atoms with van der Waals surface area (Å²) in [7, 11) is -0.517. The number of aromatic nitrogens is 2. The zero-order valence-corrected chi connectivity index (χ0v) is 10.1. The number of aromatic amines is 1. The third kappa shape index (κ3) is 3.01. The number of H-pyrrole nitrogens is 1. The van der Waals surface area contributed by atoms with Crippen LogP contribution in [-0.4, -0.2) is 56.3 Å². The lowest BCUT2D eigenvalue weighted by molar-refractivity contribution is 0.173. The van der Waals surface area contributed by atoms with Crippen molar-refractivity contribution in [3.63, 3.8) is 0 Å². The van der Waals surface area contributed by atoms with E-state index in [4.69, 9.17) is 10.5 Å². The lowest BCUT2D eigenvalue weighted by atomic mass is 10.3. The average Bonchev–Trinajstić information content (AvgIpc) is 2.70. The molecule has 16 heavy (non-hydrogen) atoms. The minimum Gasteiger partial charge on any atom is -0.383 e. The van der Waals surface area contributed by atoms with Crippen molar-refractivity contribution in [1.82, 2.24) is 14.5 Å². The second kappa shape index (κ2) is 5.39. The summed E-state index contributed by atoms with van der Waals surface area (Å²) in [5.74, 6) is 0. The molecule has 0 spiro atoms. The van der Waals surface area contributed by atoms with E-state index < -0.39 is 10.0 Å². The molecule has 0 aliphatic carbocycles. The third-order valence-electron chi connectivity index (χ3n) is 2.05. The summed E-state index contributed by atoms with van der Waals surface area (Å²) in [5, 5.41) is 6.06. The first kappa shape index (κ1) is 13.1. The van der Waals surface area contributed by atoms with Gasteiger partial charge in [0.25, 0.3) is 0 Å². The molecule has 8 heteroatoms. The summed E-state index contributed by atoms with van der Waals surface area (Å²) < 4.78 is 29.8. The number of likely N-dealkylation sites (N-methyl/N-ethyl adjacent to an activating group) is 1. The van der Waals surface area contributed by atoms with E-state index in [1.54, 1.807) is 0 Å². The highest BCUT2D eigenvalue weighted by atomic mass is 32.2. The molecule has 1 unspecified atom stereocenters. The van der Waals surface area contributed by atoms with Crippen LogP contribution in [0.5, 0.6) is 0 Å². The summed E-state index contributed by atoms with van der Waals surface area (Å²) in [6.45, 7) is 0.507. The van der Waals surface area contributed by atoms with E-state index in [2.05, 4.69) is 10.2 Å². The van der Waals surface area contributed by atoms with Crippen LogP contribution >= 0.6 is 0 Å². The van der Waals surface area contributed by atoms with Crippen molar-refractivity contribution < 1.29 is 13.2 Å². The van der Waals surface area contributed by atoms with Gasteiger partial charge in [0.15, 0.2) is 0 Å². The van der Waals surface area contributed by atoms with Gasteiger partial charge in [0.05, 0.1) is 12.8 Å². The number of nitrogens with two attached hydrogens (primary N) is 1. The smallest absolute Gasteiger partial charge is 0.245 e. The topological polar surface area (TPSA) is 101 Å². The van der Waals surface area contributed by atoms with E-state index >= 15 is 0 Å². The third-order valence-corrected chi connectivity index (χ3v) is 3.84. The molecule has 0 aliphatic rings. The van der Waals surface area contributed by atoms with Crippen LogP contribution in [0.3, 0.4) is 0 Å². The van der Waals surface area contributed by atoms with Crippen LogP contribution < -0.4 is 5.73 Å². The number of nitrogens with zero attached hydrogens (tertiary/aromatic N) is 2. The van der Waals surface area contributed by atoms with Crippen LogP contribution in [0.2, 0.25) is 0 Å². The van der Waals surface area contributed by atoms with Gasteiger partial charge in [0, 0.05) is 32.9 Å². The molecule has 0 saturated carbocycles. The molecule has 92 valence electrons. The van der Waals surface area contributed by atoms with E-state index in [1.165, 1.54) is 30.9 Å². The van der Waals surface area contributed by atoms with Gasteiger partial charge < -0.3 is 10.5 Å². The predicted octanol–water partition coefficient (Wildman–Crippen LogP) is -0.996. The molecule has 0 fully saturated rings. The highest BCUT2D eigenvalue weighted by Crippen LogP contribution is 2.11. The number of methoxy groups -OCH3 is 1. The first-order chi connectivity index (χ1) is 7.48. The normalized spacial score (nSPS) is 14.2. The number of hydrogen-bond donors (Lipinski definition) is 2. The zero-order valence-electron chi connectivity index (χ0n) is 9.25. The Hall–Kier alpha value is -0.960. The predicted molar refractivity (Wildman–Crippen MR) is 58.3 cm³/mol. The van der Waals surface area contributed by atoms with E-state index in [1.807, 2.05) is 0 Å². The maximum absolute atomic E-state index is 11.9. The largest absolute Gasteiger partial charge is 0.383 e. The van der Waals surface area contributed by atoms with Gasteiger partial charge in [-0.3, -0.25) is 5.10 Å². The van der Waals surface area contributed by atoms with Crippen molar-refractivity contribution in [3.05, 3.63) is 12.4 Å². The van der Waals surface area contributed by atoms with E-state index in [0.717, 1.165) is 0 Å². The maximum Gasteiger partial charge on any atom is 0.245 e.